The normalized spacial score (nSPS) is 21.6. The number of esters is 1. The van der Waals surface area contributed by atoms with Gasteiger partial charge in [-0.3, -0.25) is 9.59 Å². The third-order valence-electron chi connectivity index (χ3n) is 4.11. The van der Waals surface area contributed by atoms with Crippen LogP contribution in [0.3, 0.4) is 0 Å². The molecule has 0 bridgehead atoms. The van der Waals surface area contributed by atoms with E-state index >= 15 is 0 Å². The number of hydrogen-bond acceptors (Lipinski definition) is 6. The molecule has 0 amide bonds. The molecule has 0 aliphatic carbocycles. The van der Waals surface area contributed by atoms with E-state index in [1.54, 1.807) is 20.8 Å². The first-order chi connectivity index (χ1) is 11.9. The van der Waals surface area contributed by atoms with Gasteiger partial charge in [-0.25, -0.2) is 12.8 Å². The van der Waals surface area contributed by atoms with Crippen LogP contribution >= 0.6 is 0 Å². The number of benzene rings is 1. The summed E-state index contributed by atoms with van der Waals surface area (Å²) >= 11 is 0. The van der Waals surface area contributed by atoms with Crippen LogP contribution in [0.1, 0.15) is 27.2 Å². The Labute approximate surface area is 151 Å². The molecule has 0 aromatic heterocycles. The van der Waals surface area contributed by atoms with Gasteiger partial charge in [0.1, 0.15) is 11.9 Å². The molecule has 1 fully saturated rings. The summed E-state index contributed by atoms with van der Waals surface area (Å²) < 4.78 is 44.3. The van der Waals surface area contributed by atoms with E-state index in [4.69, 9.17) is 4.74 Å². The summed E-state index contributed by atoms with van der Waals surface area (Å²) in [5.41, 5.74) is -0.699. The predicted molar refractivity (Wildman–Crippen MR) is 90.1 cm³/mol. The van der Waals surface area contributed by atoms with Crippen molar-refractivity contribution < 1.29 is 32.2 Å². The fourth-order valence-corrected chi connectivity index (χ4v) is 4.08. The van der Waals surface area contributed by atoms with Gasteiger partial charge in [0.15, 0.2) is 12.4 Å². The molecule has 7 nitrogen and oxygen atoms in total. The number of ketones is 1. The molecule has 1 aliphatic rings. The minimum atomic E-state index is -4.13. The average molecular weight is 387 g/mol. The van der Waals surface area contributed by atoms with Gasteiger partial charge in [-0.05, 0) is 24.3 Å². The molecule has 1 N–H and O–H groups in total. The lowest BCUT2D eigenvalue weighted by Crippen LogP contribution is -2.42. The van der Waals surface area contributed by atoms with Crippen LogP contribution in [0.25, 0.3) is 0 Å². The summed E-state index contributed by atoms with van der Waals surface area (Å²) in [6.45, 7) is 4.27. The lowest BCUT2D eigenvalue weighted by molar-refractivity contribution is -0.153. The molecule has 0 spiro atoms. The molecule has 1 aromatic rings. The molecule has 1 heterocycles. The lowest BCUT2D eigenvalue weighted by atomic mass is 9.91. The Morgan fingerprint density at radius 1 is 1.27 bits per heavy atom. The number of hydrogen-bond donors (Lipinski definition) is 1. The molecule has 0 saturated carbocycles. The number of sulfonamides is 1. The van der Waals surface area contributed by atoms with Crippen LogP contribution in [0.5, 0.6) is 0 Å². The smallest absolute Gasteiger partial charge is 0.325 e. The van der Waals surface area contributed by atoms with Gasteiger partial charge in [-0.15, -0.1) is 0 Å². The monoisotopic (exact) mass is 387 g/mol. The number of ether oxygens (including phenoxy) is 1. The lowest BCUT2D eigenvalue weighted by Gasteiger charge is -2.23. The van der Waals surface area contributed by atoms with E-state index in [0.717, 1.165) is 28.6 Å². The number of aliphatic hydroxyl groups is 1. The number of aliphatic hydroxyl groups excluding tert-OH is 1. The SMILES string of the molecule is CC(C)(C)C(=O)COC(=O)[C@@H]1CC(O)CN1S(=O)(=O)c1ccc(F)cc1. The standard InChI is InChI=1S/C17H22FNO6S/c1-17(2,3)15(21)10-25-16(22)14-8-12(20)9-19(14)26(23,24)13-6-4-11(18)5-7-13/h4-7,12,14,20H,8-10H2,1-3H3/t12?,14-/m0/s1. The molecule has 1 saturated heterocycles. The van der Waals surface area contributed by atoms with Crippen molar-refractivity contribution in [3.8, 4) is 0 Å². The van der Waals surface area contributed by atoms with Gasteiger partial charge >= 0.3 is 5.97 Å². The zero-order chi connectivity index (χ0) is 19.7. The van der Waals surface area contributed by atoms with Crippen molar-refractivity contribution in [3.63, 3.8) is 0 Å². The first-order valence-electron chi connectivity index (χ1n) is 8.08. The summed E-state index contributed by atoms with van der Waals surface area (Å²) in [4.78, 5) is 24.0. The fourth-order valence-electron chi connectivity index (χ4n) is 2.46. The molecule has 2 atom stereocenters. The van der Waals surface area contributed by atoms with E-state index in [-0.39, 0.29) is 23.6 Å². The maximum absolute atomic E-state index is 13.0. The Morgan fingerprint density at radius 2 is 1.85 bits per heavy atom. The minimum Gasteiger partial charge on any atom is -0.456 e. The molecular formula is C17H22FNO6S. The van der Waals surface area contributed by atoms with E-state index < -0.39 is 46.0 Å². The fraction of sp³-hybridized carbons (Fsp3) is 0.529. The van der Waals surface area contributed by atoms with Crippen molar-refractivity contribution in [1.82, 2.24) is 4.31 Å². The highest BCUT2D eigenvalue weighted by Crippen LogP contribution is 2.27. The zero-order valence-corrected chi connectivity index (χ0v) is 15.6. The number of nitrogens with zero attached hydrogens (tertiary/aromatic N) is 1. The summed E-state index contributed by atoms with van der Waals surface area (Å²) in [7, 11) is -4.13. The second-order valence-electron chi connectivity index (χ2n) is 7.21. The van der Waals surface area contributed by atoms with Crippen molar-refractivity contribution in [2.24, 2.45) is 5.41 Å². The second-order valence-corrected chi connectivity index (χ2v) is 9.11. The maximum atomic E-state index is 13.0. The highest BCUT2D eigenvalue weighted by Gasteiger charge is 2.44. The number of carbonyl (C=O) groups excluding carboxylic acids is 2. The molecule has 9 heteroatoms. The molecular weight excluding hydrogens is 365 g/mol. The molecule has 1 aromatic carbocycles. The van der Waals surface area contributed by atoms with Gasteiger partial charge in [0.25, 0.3) is 0 Å². The van der Waals surface area contributed by atoms with Gasteiger partial charge in [-0.1, -0.05) is 20.8 Å². The number of Topliss-reactive ketones (excluding diaryl/α,β-unsaturated/α-hetero) is 1. The van der Waals surface area contributed by atoms with Gasteiger partial charge in [0.2, 0.25) is 10.0 Å². The molecule has 144 valence electrons. The van der Waals surface area contributed by atoms with Crippen molar-refractivity contribution in [2.45, 2.75) is 44.2 Å². The topological polar surface area (TPSA) is 101 Å². The number of carbonyl (C=O) groups is 2. The van der Waals surface area contributed by atoms with E-state index in [0.29, 0.717) is 0 Å². The van der Waals surface area contributed by atoms with E-state index in [9.17, 15) is 27.5 Å². The summed E-state index contributed by atoms with van der Waals surface area (Å²) in [6, 6.07) is 2.92. The van der Waals surface area contributed by atoms with Crippen LogP contribution in [0.4, 0.5) is 4.39 Å². The number of β-amino-alcohol motifs (C(OH)–C–C–N with tert-alkyl or cyclic N) is 1. The third-order valence-corrected chi connectivity index (χ3v) is 6.00. The summed E-state index contributed by atoms with van der Waals surface area (Å²) in [5.74, 6) is -1.80. The van der Waals surface area contributed by atoms with E-state index in [2.05, 4.69) is 0 Å². The van der Waals surface area contributed by atoms with Crippen molar-refractivity contribution in [3.05, 3.63) is 30.1 Å². The predicted octanol–water partition coefficient (Wildman–Crippen LogP) is 1.11. The Morgan fingerprint density at radius 3 is 2.38 bits per heavy atom. The van der Waals surface area contributed by atoms with Crippen LogP contribution in [0.15, 0.2) is 29.2 Å². The van der Waals surface area contributed by atoms with Crippen LogP contribution < -0.4 is 0 Å². The minimum absolute atomic E-state index is 0.136. The van der Waals surface area contributed by atoms with Crippen molar-refractivity contribution in [2.75, 3.05) is 13.2 Å². The van der Waals surface area contributed by atoms with Crippen LogP contribution in [0, 0.1) is 11.2 Å². The number of halogens is 1. The molecule has 1 aliphatic heterocycles. The third kappa shape index (κ3) is 4.46. The van der Waals surface area contributed by atoms with Crippen LogP contribution in [0.2, 0.25) is 0 Å². The second kappa shape index (κ2) is 7.42. The summed E-state index contributed by atoms with van der Waals surface area (Å²) in [5, 5.41) is 9.84. The van der Waals surface area contributed by atoms with Gasteiger partial charge in [0.05, 0.1) is 11.0 Å². The highest BCUT2D eigenvalue weighted by molar-refractivity contribution is 7.89. The molecule has 26 heavy (non-hydrogen) atoms. The number of rotatable bonds is 5. The highest BCUT2D eigenvalue weighted by atomic mass is 32.2. The van der Waals surface area contributed by atoms with Crippen molar-refractivity contribution in [1.29, 1.82) is 0 Å². The van der Waals surface area contributed by atoms with Crippen molar-refractivity contribution >= 4 is 21.8 Å². The van der Waals surface area contributed by atoms with Crippen LogP contribution in [-0.4, -0.2) is 54.9 Å². The average Bonchev–Trinajstić information content (AvgIpc) is 2.94. The Balaban J connectivity index is 2.18. The molecule has 0 radical (unpaired) electrons. The van der Waals surface area contributed by atoms with E-state index in [1.807, 2.05) is 0 Å². The van der Waals surface area contributed by atoms with Gasteiger partial charge in [0, 0.05) is 18.4 Å². The Kier molecular flexibility index (Phi) is 5.84. The Bertz CT molecular complexity index is 784. The Hall–Kier alpha value is -1.84. The van der Waals surface area contributed by atoms with Gasteiger partial charge < -0.3 is 9.84 Å². The first-order valence-corrected chi connectivity index (χ1v) is 9.52. The molecule has 2 rings (SSSR count). The first kappa shape index (κ1) is 20.5. The van der Waals surface area contributed by atoms with E-state index in [1.165, 1.54) is 0 Å². The largest absolute Gasteiger partial charge is 0.456 e. The zero-order valence-electron chi connectivity index (χ0n) is 14.8. The van der Waals surface area contributed by atoms with Crippen LogP contribution in [-0.2, 0) is 24.3 Å². The quantitative estimate of drug-likeness (QED) is 0.760. The van der Waals surface area contributed by atoms with Gasteiger partial charge in [-0.2, -0.15) is 4.31 Å². The molecule has 1 unspecified atom stereocenters. The maximum Gasteiger partial charge on any atom is 0.325 e. The summed E-state index contributed by atoms with van der Waals surface area (Å²) in [6.07, 6.45) is -1.18.